The number of carbonyl (C=O) groups is 1. The van der Waals surface area contributed by atoms with Gasteiger partial charge >= 0.3 is 7.60 Å². The lowest BCUT2D eigenvalue weighted by atomic mass is 10.0. The van der Waals surface area contributed by atoms with Crippen LogP contribution in [0.1, 0.15) is 37.0 Å². The van der Waals surface area contributed by atoms with Gasteiger partial charge in [0.25, 0.3) is 0 Å². The lowest BCUT2D eigenvalue weighted by Crippen LogP contribution is -2.16. The van der Waals surface area contributed by atoms with Gasteiger partial charge in [-0.05, 0) is 34.4 Å². The lowest BCUT2D eigenvalue weighted by molar-refractivity contribution is 0.112. The molecule has 5 aromatic rings. The van der Waals surface area contributed by atoms with E-state index in [4.69, 9.17) is 9.05 Å². The molecule has 1 heterocycles. The summed E-state index contributed by atoms with van der Waals surface area (Å²) in [5.74, 6) is 0. The third kappa shape index (κ3) is 4.81. The molecule has 0 amide bonds. The summed E-state index contributed by atoms with van der Waals surface area (Å²) in [6.45, 7) is 4.47. The van der Waals surface area contributed by atoms with Gasteiger partial charge in [0.15, 0.2) is 6.29 Å². The van der Waals surface area contributed by atoms with E-state index in [1.54, 1.807) is 0 Å². The largest absolute Gasteiger partial charge is 0.363 e. The zero-order chi connectivity index (χ0) is 25.8. The maximum Gasteiger partial charge on any atom is 0.363 e. The molecule has 0 N–H and O–H groups in total. The van der Waals surface area contributed by atoms with E-state index in [0.29, 0.717) is 23.7 Å². The molecular formula is C31H29O4PS. The van der Waals surface area contributed by atoms with Crippen LogP contribution in [0.4, 0.5) is 0 Å². The summed E-state index contributed by atoms with van der Waals surface area (Å²) in [6, 6.07) is 28.3. The molecule has 0 radical (unpaired) electrons. The van der Waals surface area contributed by atoms with Crippen LogP contribution in [0.5, 0.6) is 0 Å². The number of thiophene rings is 1. The molecular weight excluding hydrogens is 499 g/mol. The SMILES string of the molecule is CCCOP(=O)(OCCC)c1c(-c2cccc3ccccc23)sc(-c2cccc3ccccc23)c1C=O. The van der Waals surface area contributed by atoms with Crippen LogP contribution in [0.25, 0.3) is 42.4 Å². The number of carbonyl (C=O) groups excluding carboxylic acids is 1. The van der Waals surface area contributed by atoms with Gasteiger partial charge in [0.2, 0.25) is 0 Å². The van der Waals surface area contributed by atoms with Crippen molar-refractivity contribution < 1.29 is 18.4 Å². The molecule has 0 aliphatic heterocycles. The van der Waals surface area contributed by atoms with Crippen LogP contribution in [0.15, 0.2) is 84.9 Å². The summed E-state index contributed by atoms with van der Waals surface area (Å²) >= 11 is 1.48. The van der Waals surface area contributed by atoms with Crippen molar-refractivity contribution in [2.45, 2.75) is 26.7 Å². The topological polar surface area (TPSA) is 52.6 Å². The Morgan fingerprint density at radius 3 is 1.70 bits per heavy atom. The van der Waals surface area contributed by atoms with Crippen molar-refractivity contribution in [1.29, 1.82) is 0 Å². The number of hydrogen-bond donors (Lipinski definition) is 0. The quantitative estimate of drug-likeness (QED) is 0.134. The van der Waals surface area contributed by atoms with E-state index in [1.165, 1.54) is 11.3 Å². The van der Waals surface area contributed by atoms with E-state index >= 15 is 0 Å². The standard InChI is InChI=1S/C31H29O4PS/c1-3-19-34-36(33,35-20-4-2)29-28(21-32)30(26-17-9-13-22-11-5-7-15-24(22)26)37-31(29)27-18-10-14-23-12-6-8-16-25(23)27/h5-18,21H,3-4,19-20H2,1-2H3. The first-order valence-electron chi connectivity index (χ1n) is 12.6. The molecule has 0 saturated carbocycles. The maximum atomic E-state index is 14.6. The molecule has 4 nitrogen and oxygen atoms in total. The molecule has 0 bridgehead atoms. The van der Waals surface area contributed by atoms with Crippen LogP contribution < -0.4 is 5.30 Å². The Balaban J connectivity index is 1.87. The first-order valence-corrected chi connectivity index (χ1v) is 14.9. The zero-order valence-electron chi connectivity index (χ0n) is 21.0. The predicted octanol–water partition coefficient (Wildman–Crippen LogP) is 8.87. The highest BCUT2D eigenvalue weighted by molar-refractivity contribution is 7.63. The van der Waals surface area contributed by atoms with Crippen molar-refractivity contribution in [3.05, 3.63) is 90.5 Å². The first kappa shape index (κ1) is 25.6. The van der Waals surface area contributed by atoms with Gasteiger partial charge in [0, 0.05) is 21.6 Å². The van der Waals surface area contributed by atoms with Crippen molar-refractivity contribution >= 4 is 52.1 Å². The molecule has 1 aromatic heterocycles. The molecule has 0 aliphatic carbocycles. The van der Waals surface area contributed by atoms with Crippen molar-refractivity contribution in [1.82, 2.24) is 0 Å². The molecule has 0 aliphatic rings. The minimum Gasteiger partial charge on any atom is -0.305 e. The van der Waals surface area contributed by atoms with E-state index in [9.17, 15) is 9.36 Å². The second-order valence-electron chi connectivity index (χ2n) is 8.86. The summed E-state index contributed by atoms with van der Waals surface area (Å²) in [4.78, 5) is 14.4. The van der Waals surface area contributed by atoms with Crippen molar-refractivity contribution in [3.8, 4) is 20.9 Å². The smallest absolute Gasteiger partial charge is 0.305 e. The third-order valence-corrected chi connectivity index (χ3v) is 9.79. The minimum atomic E-state index is -3.82. The van der Waals surface area contributed by atoms with Gasteiger partial charge in [0.1, 0.15) is 0 Å². The highest BCUT2D eigenvalue weighted by Crippen LogP contribution is 2.55. The molecule has 0 spiro atoms. The molecule has 0 unspecified atom stereocenters. The van der Waals surface area contributed by atoms with Crippen LogP contribution in [-0.2, 0) is 13.6 Å². The molecule has 0 saturated heterocycles. The fourth-order valence-corrected chi connectivity index (χ4v) is 8.44. The highest BCUT2D eigenvalue weighted by Gasteiger charge is 2.38. The molecule has 4 aromatic carbocycles. The molecule has 0 fully saturated rings. The number of hydrogen-bond acceptors (Lipinski definition) is 5. The Bertz CT molecular complexity index is 1600. The minimum absolute atomic E-state index is 0.272. The monoisotopic (exact) mass is 528 g/mol. The van der Waals surface area contributed by atoms with Crippen LogP contribution in [0.3, 0.4) is 0 Å². The highest BCUT2D eigenvalue weighted by atomic mass is 32.1. The van der Waals surface area contributed by atoms with Gasteiger partial charge < -0.3 is 9.05 Å². The summed E-state index contributed by atoms with van der Waals surface area (Å²) in [6.07, 6.45) is 2.18. The number of rotatable bonds is 10. The van der Waals surface area contributed by atoms with Gasteiger partial charge in [0.05, 0.1) is 23.4 Å². The van der Waals surface area contributed by atoms with Crippen LogP contribution in [0.2, 0.25) is 0 Å². The van der Waals surface area contributed by atoms with E-state index < -0.39 is 7.60 Å². The van der Waals surface area contributed by atoms with E-state index in [0.717, 1.165) is 48.7 Å². The zero-order valence-corrected chi connectivity index (χ0v) is 22.7. The fourth-order valence-electron chi connectivity index (χ4n) is 4.64. The van der Waals surface area contributed by atoms with Gasteiger partial charge in [-0.3, -0.25) is 9.36 Å². The van der Waals surface area contributed by atoms with Gasteiger partial charge in [-0.1, -0.05) is 98.8 Å². The molecule has 6 heteroatoms. The summed E-state index contributed by atoms with van der Waals surface area (Å²) in [5, 5.41) is 4.56. The predicted molar refractivity (Wildman–Crippen MR) is 155 cm³/mol. The third-order valence-electron chi connectivity index (χ3n) is 6.31. The molecule has 0 atom stereocenters. The van der Waals surface area contributed by atoms with Crippen LogP contribution in [0, 0.1) is 0 Å². The average Bonchev–Trinajstić information content (AvgIpc) is 3.34. The Morgan fingerprint density at radius 2 is 1.19 bits per heavy atom. The number of fused-ring (bicyclic) bond motifs is 2. The normalized spacial score (nSPS) is 11.8. The Labute approximate surface area is 221 Å². The average molecular weight is 529 g/mol. The number of aldehydes is 1. The van der Waals surface area contributed by atoms with E-state index in [2.05, 4.69) is 36.4 Å². The Kier molecular flexibility index (Phi) is 7.68. The number of benzene rings is 4. The van der Waals surface area contributed by atoms with Gasteiger partial charge in [-0.25, -0.2) is 0 Å². The lowest BCUT2D eigenvalue weighted by Gasteiger charge is -2.20. The van der Waals surface area contributed by atoms with Crippen molar-refractivity contribution in [2.24, 2.45) is 0 Å². The Morgan fingerprint density at radius 1 is 0.703 bits per heavy atom. The fraction of sp³-hybridized carbons (Fsp3) is 0.194. The Hall–Kier alpha value is -3.08. The van der Waals surface area contributed by atoms with Crippen molar-refractivity contribution in [2.75, 3.05) is 13.2 Å². The van der Waals surface area contributed by atoms with Gasteiger partial charge in [-0.2, -0.15) is 0 Å². The second-order valence-corrected chi connectivity index (χ2v) is 11.8. The van der Waals surface area contributed by atoms with Gasteiger partial charge in [-0.15, -0.1) is 11.3 Å². The molecule has 37 heavy (non-hydrogen) atoms. The van der Waals surface area contributed by atoms with Crippen molar-refractivity contribution in [3.63, 3.8) is 0 Å². The van der Waals surface area contributed by atoms with E-state index in [1.807, 2.05) is 62.4 Å². The molecule has 5 rings (SSSR count). The van der Waals surface area contributed by atoms with Crippen LogP contribution >= 0.6 is 18.9 Å². The summed E-state index contributed by atoms with van der Waals surface area (Å²) in [7, 11) is -3.82. The van der Waals surface area contributed by atoms with E-state index in [-0.39, 0.29) is 13.2 Å². The summed E-state index contributed by atoms with van der Waals surface area (Å²) in [5.41, 5.74) is 2.21. The first-order chi connectivity index (χ1) is 18.1. The summed E-state index contributed by atoms with van der Waals surface area (Å²) < 4.78 is 26.6. The molecule has 188 valence electrons. The van der Waals surface area contributed by atoms with Crippen LogP contribution in [-0.4, -0.2) is 19.5 Å². The maximum absolute atomic E-state index is 14.6. The second kappa shape index (κ2) is 11.1.